The highest BCUT2D eigenvalue weighted by molar-refractivity contribution is 5.84. The normalized spacial score (nSPS) is 19.3. The van der Waals surface area contributed by atoms with Crippen LogP contribution >= 0.6 is 0 Å². The van der Waals surface area contributed by atoms with Crippen LogP contribution in [0.5, 0.6) is 0 Å². The molecule has 0 radical (unpaired) electrons. The van der Waals surface area contributed by atoms with Gasteiger partial charge in [0, 0.05) is 17.0 Å². The predicted molar refractivity (Wildman–Crippen MR) is 100 cm³/mol. The predicted octanol–water partition coefficient (Wildman–Crippen LogP) is 5.34. The molecule has 0 bridgehead atoms. The van der Waals surface area contributed by atoms with Crippen LogP contribution in [0.25, 0.3) is 10.8 Å². The molecule has 2 nitrogen and oxygen atoms in total. The number of ether oxygens (including phenoxy) is 2. The summed E-state index contributed by atoms with van der Waals surface area (Å²) in [6.45, 7) is 2.92. The van der Waals surface area contributed by atoms with Gasteiger partial charge in [0.2, 0.25) is 0 Å². The summed E-state index contributed by atoms with van der Waals surface area (Å²) in [7, 11) is 0. The fraction of sp³-hybridized carbons (Fsp3) is 0.217. The van der Waals surface area contributed by atoms with Crippen molar-refractivity contribution in [2.45, 2.75) is 13.2 Å². The first kappa shape index (κ1) is 18.5. The van der Waals surface area contributed by atoms with Crippen molar-refractivity contribution in [2.75, 3.05) is 13.2 Å². The molecule has 142 valence electrons. The molecule has 0 unspecified atom stereocenters. The van der Waals surface area contributed by atoms with E-state index in [-0.39, 0.29) is 17.3 Å². The van der Waals surface area contributed by atoms with Crippen LogP contribution < -0.4 is 0 Å². The molecule has 5 heteroatoms. The molecule has 1 aliphatic rings. The smallest absolute Gasteiger partial charge is 0.184 e. The van der Waals surface area contributed by atoms with E-state index in [0.29, 0.717) is 24.3 Å². The third-order valence-electron chi connectivity index (χ3n) is 4.53. The van der Waals surface area contributed by atoms with Crippen LogP contribution in [0.15, 0.2) is 48.5 Å². The topological polar surface area (TPSA) is 18.5 Å². The van der Waals surface area contributed by atoms with Gasteiger partial charge in [0.1, 0.15) is 17.5 Å². The molecule has 1 fully saturated rings. The lowest BCUT2D eigenvalue weighted by molar-refractivity contribution is -0.202. The summed E-state index contributed by atoms with van der Waals surface area (Å²) >= 11 is 0. The van der Waals surface area contributed by atoms with Crippen LogP contribution in [-0.2, 0) is 9.47 Å². The number of hydrogen-bond acceptors (Lipinski definition) is 2. The van der Waals surface area contributed by atoms with Crippen LogP contribution in [0, 0.1) is 35.2 Å². The van der Waals surface area contributed by atoms with E-state index in [4.69, 9.17) is 9.47 Å². The van der Waals surface area contributed by atoms with Crippen molar-refractivity contribution in [3.8, 4) is 11.8 Å². The minimum atomic E-state index is -0.775. The van der Waals surface area contributed by atoms with Crippen LogP contribution in [0.3, 0.4) is 0 Å². The largest absolute Gasteiger partial charge is 0.348 e. The lowest BCUT2D eigenvalue weighted by Crippen LogP contribution is -2.25. The number of rotatable bonds is 1. The number of hydrogen-bond donors (Lipinski definition) is 0. The Labute approximate surface area is 160 Å². The first-order chi connectivity index (χ1) is 13.5. The zero-order valence-electron chi connectivity index (χ0n) is 15.1. The molecule has 0 atom stereocenters. The van der Waals surface area contributed by atoms with E-state index in [1.807, 2.05) is 6.92 Å². The molecule has 1 saturated heterocycles. The molecule has 4 rings (SSSR count). The second-order valence-electron chi connectivity index (χ2n) is 6.92. The van der Waals surface area contributed by atoms with Gasteiger partial charge in [0.25, 0.3) is 0 Å². The summed E-state index contributed by atoms with van der Waals surface area (Å²) in [5.74, 6) is 3.71. The molecule has 0 aromatic heterocycles. The van der Waals surface area contributed by atoms with Gasteiger partial charge in [-0.15, -0.1) is 0 Å². The van der Waals surface area contributed by atoms with Gasteiger partial charge in [-0.25, -0.2) is 13.2 Å². The van der Waals surface area contributed by atoms with Gasteiger partial charge >= 0.3 is 0 Å². The van der Waals surface area contributed by atoms with Crippen LogP contribution in [0.1, 0.15) is 29.9 Å². The van der Waals surface area contributed by atoms with Gasteiger partial charge in [0.05, 0.1) is 18.8 Å². The zero-order valence-corrected chi connectivity index (χ0v) is 15.1. The van der Waals surface area contributed by atoms with Crippen LogP contribution in [-0.4, -0.2) is 13.2 Å². The lowest BCUT2D eigenvalue weighted by atomic mass is 10.1. The molecular formula is C23H17F3O2. The first-order valence-corrected chi connectivity index (χ1v) is 8.93. The van der Waals surface area contributed by atoms with E-state index in [1.54, 1.807) is 24.3 Å². The van der Waals surface area contributed by atoms with Gasteiger partial charge in [-0.2, -0.15) is 0 Å². The average Bonchev–Trinajstić information content (AvgIpc) is 2.68. The molecular weight excluding hydrogens is 365 g/mol. The Balaban J connectivity index is 1.61. The summed E-state index contributed by atoms with van der Waals surface area (Å²) in [6, 6.07) is 11.9. The Kier molecular flexibility index (Phi) is 5.08. The van der Waals surface area contributed by atoms with E-state index in [0.717, 1.165) is 10.8 Å². The number of benzene rings is 3. The molecule has 0 amide bonds. The molecule has 3 aromatic carbocycles. The van der Waals surface area contributed by atoms with Gasteiger partial charge < -0.3 is 9.47 Å². The second-order valence-corrected chi connectivity index (χ2v) is 6.92. The minimum absolute atomic E-state index is 0.245. The van der Waals surface area contributed by atoms with Crippen molar-refractivity contribution in [3.63, 3.8) is 0 Å². The van der Waals surface area contributed by atoms with E-state index >= 15 is 0 Å². The third-order valence-corrected chi connectivity index (χ3v) is 4.53. The molecule has 3 aromatic rings. The number of fused-ring (bicyclic) bond motifs is 1. The van der Waals surface area contributed by atoms with Crippen molar-refractivity contribution in [1.29, 1.82) is 0 Å². The van der Waals surface area contributed by atoms with Crippen LogP contribution in [0.4, 0.5) is 13.2 Å². The Hall–Kier alpha value is -2.81. The highest BCUT2D eigenvalue weighted by Crippen LogP contribution is 2.27. The number of halogens is 3. The fourth-order valence-electron chi connectivity index (χ4n) is 3.07. The van der Waals surface area contributed by atoms with E-state index in [2.05, 4.69) is 11.8 Å². The maximum Gasteiger partial charge on any atom is 0.184 e. The molecule has 1 aliphatic heterocycles. The van der Waals surface area contributed by atoms with Gasteiger partial charge in [0.15, 0.2) is 6.29 Å². The minimum Gasteiger partial charge on any atom is -0.348 e. The average molecular weight is 382 g/mol. The van der Waals surface area contributed by atoms with Crippen molar-refractivity contribution >= 4 is 10.8 Å². The van der Waals surface area contributed by atoms with E-state index < -0.39 is 17.9 Å². The van der Waals surface area contributed by atoms with Gasteiger partial charge in [-0.3, -0.25) is 0 Å². The summed E-state index contributed by atoms with van der Waals surface area (Å²) in [4.78, 5) is 0. The SMILES string of the molecule is CC1COC(c2cc(F)c(C#Cc3ccc4cc(F)ccc4c3)c(F)c2)OC1. The summed E-state index contributed by atoms with van der Waals surface area (Å²) in [5, 5.41) is 1.53. The van der Waals surface area contributed by atoms with E-state index in [1.165, 1.54) is 24.3 Å². The van der Waals surface area contributed by atoms with Gasteiger partial charge in [-0.1, -0.05) is 30.9 Å². The van der Waals surface area contributed by atoms with Crippen molar-refractivity contribution in [1.82, 2.24) is 0 Å². The maximum absolute atomic E-state index is 14.4. The molecule has 0 saturated carbocycles. The van der Waals surface area contributed by atoms with Crippen molar-refractivity contribution in [2.24, 2.45) is 5.92 Å². The summed E-state index contributed by atoms with van der Waals surface area (Å²) in [5.41, 5.74) is 0.558. The Morgan fingerprint density at radius 3 is 2.18 bits per heavy atom. The van der Waals surface area contributed by atoms with Crippen molar-refractivity contribution in [3.05, 3.63) is 82.7 Å². The van der Waals surface area contributed by atoms with Gasteiger partial charge in [-0.05, 0) is 47.2 Å². The first-order valence-electron chi connectivity index (χ1n) is 8.93. The summed E-state index contributed by atoms with van der Waals surface area (Å²) < 4.78 is 53.1. The summed E-state index contributed by atoms with van der Waals surface area (Å²) in [6.07, 6.45) is -0.775. The monoisotopic (exact) mass is 382 g/mol. The maximum atomic E-state index is 14.4. The standard InChI is InChI=1S/C23H17F3O2/c1-14-12-27-23(28-13-14)18-10-21(25)20(22(26)11-18)7-3-15-2-4-17-9-19(24)6-5-16(17)8-15/h2,4-6,8-11,14,23H,12-13H2,1H3. The highest BCUT2D eigenvalue weighted by atomic mass is 19.1. The second kappa shape index (κ2) is 7.67. The Morgan fingerprint density at radius 2 is 1.46 bits per heavy atom. The van der Waals surface area contributed by atoms with Crippen LogP contribution in [0.2, 0.25) is 0 Å². The third kappa shape index (κ3) is 3.89. The highest BCUT2D eigenvalue weighted by Gasteiger charge is 2.23. The van der Waals surface area contributed by atoms with E-state index in [9.17, 15) is 13.2 Å². The fourth-order valence-corrected chi connectivity index (χ4v) is 3.07. The molecule has 28 heavy (non-hydrogen) atoms. The lowest BCUT2D eigenvalue weighted by Gasteiger charge is -2.27. The van der Waals surface area contributed by atoms with Crippen molar-refractivity contribution < 1.29 is 22.6 Å². The molecule has 0 N–H and O–H groups in total. The molecule has 0 spiro atoms. The zero-order chi connectivity index (χ0) is 19.7. The Bertz CT molecular complexity index is 1070. The molecule has 0 aliphatic carbocycles. The quantitative estimate of drug-likeness (QED) is 0.529. The Morgan fingerprint density at radius 1 is 0.821 bits per heavy atom. The molecule has 1 heterocycles.